The molecular weight excluding hydrogens is 380 g/mol. The fourth-order valence-electron chi connectivity index (χ4n) is 1.99. The van der Waals surface area contributed by atoms with Crippen molar-refractivity contribution >= 4 is 39.8 Å². The molecule has 2 aromatic rings. The molecule has 2 rings (SSSR count). The fraction of sp³-hybridized carbons (Fsp3) is 0.400. The first kappa shape index (κ1) is 19.9. The Morgan fingerprint density at radius 2 is 2.00 bits per heavy atom. The van der Waals surface area contributed by atoms with Gasteiger partial charge in [0.1, 0.15) is 5.56 Å². The van der Waals surface area contributed by atoms with Crippen LogP contribution in [-0.2, 0) is 0 Å². The van der Waals surface area contributed by atoms with Crippen LogP contribution in [0.25, 0.3) is 0 Å². The van der Waals surface area contributed by atoms with Gasteiger partial charge in [-0.1, -0.05) is 36.4 Å². The van der Waals surface area contributed by atoms with Gasteiger partial charge in [-0.05, 0) is 6.42 Å². The molecule has 11 heteroatoms. The fourth-order valence-corrected chi connectivity index (χ4v) is 3.89. The SMILES string of the molecule is CCCCSc1nnc(NC(=O)c2cc(OC)c(OC)cc2[N+](=O)[O-])s1. The van der Waals surface area contributed by atoms with E-state index in [0.717, 1.165) is 29.0 Å². The molecule has 140 valence electrons. The molecule has 0 unspecified atom stereocenters. The van der Waals surface area contributed by atoms with Gasteiger partial charge in [-0.3, -0.25) is 20.2 Å². The van der Waals surface area contributed by atoms with E-state index in [1.54, 1.807) is 11.8 Å². The zero-order valence-electron chi connectivity index (χ0n) is 14.5. The average molecular weight is 398 g/mol. The molecule has 0 aliphatic rings. The molecule has 0 fully saturated rings. The third-order valence-corrected chi connectivity index (χ3v) is 5.35. The van der Waals surface area contributed by atoms with Crippen LogP contribution in [0.1, 0.15) is 30.1 Å². The van der Waals surface area contributed by atoms with Gasteiger partial charge < -0.3 is 9.47 Å². The monoisotopic (exact) mass is 398 g/mol. The van der Waals surface area contributed by atoms with E-state index in [-0.39, 0.29) is 27.9 Å². The number of hydrogen-bond acceptors (Lipinski definition) is 9. The topological polar surface area (TPSA) is 116 Å². The van der Waals surface area contributed by atoms with Crippen LogP contribution in [0, 0.1) is 10.1 Å². The van der Waals surface area contributed by atoms with Crippen LogP contribution in [0.3, 0.4) is 0 Å². The molecule has 0 radical (unpaired) electrons. The number of anilines is 1. The van der Waals surface area contributed by atoms with Crippen LogP contribution in [0.15, 0.2) is 16.5 Å². The second-order valence-corrected chi connectivity index (χ2v) is 7.33. The quantitative estimate of drug-likeness (QED) is 0.224. The van der Waals surface area contributed by atoms with Crippen molar-refractivity contribution in [3.63, 3.8) is 0 Å². The minimum Gasteiger partial charge on any atom is -0.493 e. The summed E-state index contributed by atoms with van der Waals surface area (Å²) in [5, 5.41) is 22.0. The number of rotatable bonds is 9. The van der Waals surface area contributed by atoms with Gasteiger partial charge in [-0.15, -0.1) is 10.2 Å². The lowest BCUT2D eigenvalue weighted by atomic mass is 10.1. The van der Waals surface area contributed by atoms with Crippen LogP contribution in [-0.4, -0.2) is 41.0 Å². The number of nitrogens with zero attached hydrogens (tertiary/aromatic N) is 3. The van der Waals surface area contributed by atoms with E-state index < -0.39 is 10.8 Å². The van der Waals surface area contributed by atoms with Crippen molar-refractivity contribution in [2.24, 2.45) is 0 Å². The third kappa shape index (κ3) is 4.82. The zero-order chi connectivity index (χ0) is 19.1. The highest BCUT2D eigenvalue weighted by molar-refractivity contribution is 8.01. The van der Waals surface area contributed by atoms with E-state index in [1.807, 2.05) is 0 Å². The Labute approximate surface area is 158 Å². The van der Waals surface area contributed by atoms with Gasteiger partial charge >= 0.3 is 0 Å². The van der Waals surface area contributed by atoms with Crippen LogP contribution < -0.4 is 14.8 Å². The predicted octanol–water partition coefficient (Wildman–Crippen LogP) is 3.61. The number of carbonyl (C=O) groups excluding carboxylic acids is 1. The van der Waals surface area contributed by atoms with Crippen molar-refractivity contribution in [2.45, 2.75) is 24.1 Å². The normalized spacial score (nSPS) is 10.4. The van der Waals surface area contributed by atoms with E-state index in [1.165, 1.54) is 31.6 Å². The summed E-state index contributed by atoms with van der Waals surface area (Å²) in [6.07, 6.45) is 2.14. The number of benzene rings is 1. The molecule has 1 aromatic heterocycles. The molecule has 1 aromatic carbocycles. The largest absolute Gasteiger partial charge is 0.493 e. The van der Waals surface area contributed by atoms with Crippen molar-refractivity contribution in [1.29, 1.82) is 0 Å². The minimum absolute atomic E-state index is 0.150. The summed E-state index contributed by atoms with van der Waals surface area (Å²) in [5.74, 6) is 0.636. The Bertz CT molecular complexity index is 796. The van der Waals surface area contributed by atoms with Gasteiger partial charge in [0.05, 0.1) is 25.2 Å². The highest BCUT2D eigenvalue weighted by atomic mass is 32.2. The number of unbranched alkanes of at least 4 members (excludes halogenated alkanes) is 1. The number of nitro benzene ring substituents is 1. The number of ether oxygens (including phenoxy) is 2. The van der Waals surface area contributed by atoms with E-state index in [2.05, 4.69) is 22.4 Å². The van der Waals surface area contributed by atoms with Gasteiger partial charge in [0.2, 0.25) is 5.13 Å². The highest BCUT2D eigenvalue weighted by Gasteiger charge is 2.25. The molecule has 9 nitrogen and oxygen atoms in total. The molecule has 0 bridgehead atoms. The average Bonchev–Trinajstić information content (AvgIpc) is 3.07. The Balaban J connectivity index is 2.22. The molecular formula is C15H18N4O5S2. The molecule has 1 N–H and O–H groups in total. The van der Waals surface area contributed by atoms with E-state index in [4.69, 9.17) is 9.47 Å². The van der Waals surface area contributed by atoms with Crippen LogP contribution >= 0.6 is 23.1 Å². The molecule has 0 atom stereocenters. The number of nitro groups is 1. The van der Waals surface area contributed by atoms with Gasteiger partial charge in [-0.2, -0.15) is 0 Å². The molecule has 0 saturated heterocycles. The lowest BCUT2D eigenvalue weighted by Crippen LogP contribution is -2.14. The summed E-state index contributed by atoms with van der Waals surface area (Å²) in [7, 11) is 2.75. The maximum atomic E-state index is 12.5. The van der Waals surface area contributed by atoms with E-state index in [9.17, 15) is 14.9 Å². The second kappa shape index (κ2) is 9.34. The third-order valence-electron chi connectivity index (χ3n) is 3.29. The van der Waals surface area contributed by atoms with E-state index in [0.29, 0.717) is 0 Å². The predicted molar refractivity (Wildman–Crippen MR) is 99.7 cm³/mol. The lowest BCUT2D eigenvalue weighted by molar-refractivity contribution is -0.385. The van der Waals surface area contributed by atoms with Gasteiger partial charge in [-0.25, -0.2) is 0 Å². The lowest BCUT2D eigenvalue weighted by Gasteiger charge is -2.10. The number of carbonyl (C=O) groups is 1. The first-order chi connectivity index (χ1) is 12.5. The van der Waals surface area contributed by atoms with Crippen molar-refractivity contribution in [1.82, 2.24) is 10.2 Å². The summed E-state index contributed by atoms with van der Waals surface area (Å²) >= 11 is 2.78. The second-order valence-electron chi connectivity index (χ2n) is 5.01. The highest BCUT2D eigenvalue weighted by Crippen LogP contribution is 2.35. The summed E-state index contributed by atoms with van der Waals surface area (Å²) in [5.41, 5.74) is -0.537. The van der Waals surface area contributed by atoms with Crippen LogP contribution in [0.5, 0.6) is 11.5 Å². The molecule has 1 heterocycles. The number of aromatic nitrogens is 2. The Hall–Kier alpha value is -2.40. The van der Waals surface area contributed by atoms with Crippen molar-refractivity contribution in [2.75, 3.05) is 25.3 Å². The summed E-state index contributed by atoms with van der Waals surface area (Å²) in [6.45, 7) is 2.10. The first-order valence-corrected chi connectivity index (χ1v) is 9.48. The minimum atomic E-state index is -0.668. The van der Waals surface area contributed by atoms with Crippen molar-refractivity contribution in [3.8, 4) is 11.5 Å². The number of methoxy groups -OCH3 is 2. The zero-order valence-corrected chi connectivity index (χ0v) is 16.1. The Morgan fingerprint density at radius 3 is 2.62 bits per heavy atom. The van der Waals surface area contributed by atoms with Gasteiger partial charge in [0.15, 0.2) is 15.8 Å². The van der Waals surface area contributed by atoms with Crippen LogP contribution in [0.2, 0.25) is 0 Å². The smallest absolute Gasteiger partial charge is 0.286 e. The molecule has 0 spiro atoms. The van der Waals surface area contributed by atoms with Gasteiger partial charge in [0.25, 0.3) is 11.6 Å². The summed E-state index contributed by atoms with van der Waals surface area (Å²) in [6, 6.07) is 2.42. The number of nitrogens with one attached hydrogen (secondary N) is 1. The summed E-state index contributed by atoms with van der Waals surface area (Å²) < 4.78 is 10.9. The van der Waals surface area contributed by atoms with E-state index >= 15 is 0 Å². The first-order valence-electron chi connectivity index (χ1n) is 7.68. The number of amides is 1. The summed E-state index contributed by atoms with van der Waals surface area (Å²) in [4.78, 5) is 23.1. The maximum Gasteiger partial charge on any atom is 0.286 e. The molecule has 26 heavy (non-hydrogen) atoms. The van der Waals surface area contributed by atoms with Crippen molar-refractivity contribution in [3.05, 3.63) is 27.8 Å². The Morgan fingerprint density at radius 1 is 1.31 bits per heavy atom. The molecule has 0 saturated carbocycles. The maximum absolute atomic E-state index is 12.5. The standard InChI is InChI=1S/C15H18N4O5S2/c1-4-5-6-25-15-18-17-14(26-15)16-13(20)9-7-11(23-2)12(24-3)8-10(9)19(21)22/h7-8H,4-6H2,1-3H3,(H,16,17,20). The molecule has 1 amide bonds. The Kier molecular flexibility index (Phi) is 7.16. The van der Waals surface area contributed by atoms with Gasteiger partial charge in [0, 0.05) is 11.8 Å². The van der Waals surface area contributed by atoms with Crippen LogP contribution in [0.4, 0.5) is 10.8 Å². The molecule has 0 aliphatic carbocycles. The number of thioether (sulfide) groups is 1. The number of hydrogen-bond donors (Lipinski definition) is 1. The van der Waals surface area contributed by atoms with Crippen molar-refractivity contribution < 1.29 is 19.2 Å². The molecule has 0 aliphatic heterocycles.